The van der Waals surface area contributed by atoms with E-state index >= 15 is 0 Å². The monoisotopic (exact) mass is 326 g/mol. The van der Waals surface area contributed by atoms with Gasteiger partial charge in [-0.1, -0.05) is 15.9 Å². The second-order valence-electron chi connectivity index (χ2n) is 5.13. The molecular weight excluding hydrogens is 308 g/mol. The number of rotatable bonds is 4. The Hall–Kier alpha value is -1.07. The highest BCUT2D eigenvalue weighted by atomic mass is 79.9. The number of nitrogens with zero attached hydrogens (tertiary/aromatic N) is 2. The predicted molar refractivity (Wildman–Crippen MR) is 79.8 cm³/mol. The van der Waals surface area contributed by atoms with Crippen LogP contribution in [0.1, 0.15) is 12.0 Å². The van der Waals surface area contributed by atoms with Crippen LogP contribution in [0.15, 0.2) is 22.7 Å². The van der Waals surface area contributed by atoms with Crippen LogP contribution in [0.5, 0.6) is 0 Å². The molecule has 4 nitrogen and oxygen atoms in total. The van der Waals surface area contributed by atoms with Crippen molar-refractivity contribution in [3.63, 3.8) is 0 Å². The van der Waals surface area contributed by atoms with E-state index < -0.39 is 5.97 Å². The molecule has 1 unspecified atom stereocenters. The van der Waals surface area contributed by atoms with E-state index in [0.29, 0.717) is 6.04 Å². The third kappa shape index (κ3) is 3.48. The van der Waals surface area contributed by atoms with Crippen molar-refractivity contribution in [2.45, 2.75) is 19.4 Å². The number of anilines is 1. The van der Waals surface area contributed by atoms with Crippen LogP contribution in [0.2, 0.25) is 0 Å². The fourth-order valence-electron chi connectivity index (χ4n) is 2.50. The van der Waals surface area contributed by atoms with Gasteiger partial charge in [0, 0.05) is 29.3 Å². The van der Waals surface area contributed by atoms with Gasteiger partial charge in [-0.15, -0.1) is 0 Å². The maximum atomic E-state index is 10.7. The number of hydrogen-bond donors (Lipinski definition) is 1. The van der Waals surface area contributed by atoms with E-state index in [2.05, 4.69) is 46.0 Å². The van der Waals surface area contributed by atoms with Crippen molar-refractivity contribution in [1.29, 1.82) is 0 Å². The molecule has 1 aromatic rings. The number of benzene rings is 1. The predicted octanol–water partition coefficient (Wildman–Crippen LogP) is 2.35. The first kappa shape index (κ1) is 14.3. The van der Waals surface area contributed by atoms with Gasteiger partial charge in [-0.2, -0.15) is 0 Å². The number of carboxylic acids is 1. The normalized spacial score (nSPS) is 19.2. The summed E-state index contributed by atoms with van der Waals surface area (Å²) in [5.41, 5.74) is 2.44. The largest absolute Gasteiger partial charge is 0.480 e. The molecule has 19 heavy (non-hydrogen) atoms. The van der Waals surface area contributed by atoms with Gasteiger partial charge >= 0.3 is 5.97 Å². The summed E-state index contributed by atoms with van der Waals surface area (Å²) in [4.78, 5) is 15.0. The lowest BCUT2D eigenvalue weighted by atomic mass is 10.2. The van der Waals surface area contributed by atoms with Gasteiger partial charge in [0.1, 0.15) is 0 Å². The lowest BCUT2D eigenvalue weighted by molar-refractivity contribution is -0.138. The Bertz CT molecular complexity index is 479. The minimum Gasteiger partial charge on any atom is -0.480 e. The standard InChI is InChI=1S/C14H19BrN2O2/c1-10-7-11(3-4-13(10)15)17-6-5-12(8-17)16(2)9-14(18)19/h3-4,7,12H,5-6,8-9H2,1-2H3,(H,18,19). The summed E-state index contributed by atoms with van der Waals surface area (Å²) in [5.74, 6) is -0.763. The van der Waals surface area contributed by atoms with Crippen LogP contribution in [-0.4, -0.2) is 48.7 Å². The fourth-order valence-corrected chi connectivity index (χ4v) is 2.75. The quantitative estimate of drug-likeness (QED) is 0.922. The third-order valence-electron chi connectivity index (χ3n) is 3.68. The highest BCUT2D eigenvalue weighted by Crippen LogP contribution is 2.26. The number of halogens is 1. The molecule has 0 spiro atoms. The van der Waals surface area contributed by atoms with E-state index in [1.807, 2.05) is 11.9 Å². The lowest BCUT2D eigenvalue weighted by Crippen LogP contribution is -2.37. The first-order valence-corrected chi connectivity index (χ1v) is 7.20. The Balaban J connectivity index is 2.01. The fraction of sp³-hybridized carbons (Fsp3) is 0.500. The number of carbonyl (C=O) groups is 1. The summed E-state index contributed by atoms with van der Waals surface area (Å²) in [5, 5.41) is 8.83. The molecule has 1 atom stereocenters. The smallest absolute Gasteiger partial charge is 0.317 e. The number of aryl methyl sites for hydroxylation is 1. The summed E-state index contributed by atoms with van der Waals surface area (Å²) in [6, 6.07) is 6.67. The Labute approximate surface area is 122 Å². The van der Waals surface area contributed by atoms with E-state index in [1.54, 1.807) is 0 Å². The molecule has 0 aromatic heterocycles. The number of hydrogen-bond acceptors (Lipinski definition) is 3. The van der Waals surface area contributed by atoms with Gasteiger partial charge in [0.15, 0.2) is 0 Å². The van der Waals surface area contributed by atoms with Crippen molar-refractivity contribution in [1.82, 2.24) is 4.90 Å². The minimum absolute atomic E-state index is 0.109. The van der Waals surface area contributed by atoms with Crippen LogP contribution in [0.25, 0.3) is 0 Å². The van der Waals surface area contributed by atoms with Gasteiger partial charge in [-0.25, -0.2) is 0 Å². The highest BCUT2D eigenvalue weighted by Gasteiger charge is 2.26. The van der Waals surface area contributed by atoms with E-state index in [1.165, 1.54) is 11.3 Å². The molecule has 104 valence electrons. The van der Waals surface area contributed by atoms with Gasteiger partial charge < -0.3 is 10.0 Å². The van der Waals surface area contributed by atoms with E-state index in [-0.39, 0.29) is 6.54 Å². The zero-order chi connectivity index (χ0) is 14.0. The van der Waals surface area contributed by atoms with Crippen LogP contribution < -0.4 is 4.90 Å². The first-order valence-electron chi connectivity index (χ1n) is 6.40. The summed E-state index contributed by atoms with van der Waals surface area (Å²) in [6.45, 7) is 4.07. The zero-order valence-corrected chi connectivity index (χ0v) is 12.9. The first-order chi connectivity index (χ1) is 8.97. The van der Waals surface area contributed by atoms with Crippen molar-refractivity contribution in [2.75, 3.05) is 31.6 Å². The number of aliphatic carboxylic acids is 1. The average molecular weight is 327 g/mol. The highest BCUT2D eigenvalue weighted by molar-refractivity contribution is 9.10. The minimum atomic E-state index is -0.763. The Morgan fingerprint density at radius 1 is 1.58 bits per heavy atom. The van der Waals surface area contributed by atoms with Crippen molar-refractivity contribution in [2.24, 2.45) is 0 Å². The molecule has 1 fully saturated rings. The topological polar surface area (TPSA) is 43.8 Å². The average Bonchev–Trinajstić information content (AvgIpc) is 2.81. The molecule has 1 aliphatic heterocycles. The maximum absolute atomic E-state index is 10.7. The maximum Gasteiger partial charge on any atom is 0.317 e. The second-order valence-corrected chi connectivity index (χ2v) is 5.99. The molecule has 0 aliphatic carbocycles. The summed E-state index contributed by atoms with van der Waals surface area (Å²) in [7, 11) is 1.88. The molecule has 0 bridgehead atoms. The van der Waals surface area contributed by atoms with Crippen molar-refractivity contribution < 1.29 is 9.90 Å². The van der Waals surface area contributed by atoms with Gasteiger partial charge in [0.25, 0.3) is 0 Å². The molecular formula is C14H19BrN2O2. The van der Waals surface area contributed by atoms with Crippen LogP contribution in [0.4, 0.5) is 5.69 Å². The zero-order valence-electron chi connectivity index (χ0n) is 11.3. The number of likely N-dealkylation sites (N-methyl/N-ethyl adjacent to an activating group) is 1. The Morgan fingerprint density at radius 2 is 2.32 bits per heavy atom. The summed E-state index contributed by atoms with van der Waals surface area (Å²) in [6.07, 6.45) is 1.01. The summed E-state index contributed by atoms with van der Waals surface area (Å²) >= 11 is 3.51. The van der Waals surface area contributed by atoms with Gasteiger partial charge in [0.2, 0.25) is 0 Å². The molecule has 0 amide bonds. The second kappa shape index (κ2) is 5.92. The van der Waals surface area contributed by atoms with Crippen molar-refractivity contribution in [3.8, 4) is 0 Å². The van der Waals surface area contributed by atoms with Crippen molar-refractivity contribution in [3.05, 3.63) is 28.2 Å². The van der Waals surface area contributed by atoms with Gasteiger partial charge in [0.05, 0.1) is 6.54 Å². The van der Waals surface area contributed by atoms with Gasteiger partial charge in [-0.3, -0.25) is 9.69 Å². The molecule has 5 heteroatoms. The van der Waals surface area contributed by atoms with E-state index in [9.17, 15) is 4.79 Å². The molecule has 1 aliphatic rings. The van der Waals surface area contributed by atoms with Crippen LogP contribution in [0, 0.1) is 6.92 Å². The molecule has 0 saturated carbocycles. The SMILES string of the molecule is Cc1cc(N2CCC(N(C)CC(=O)O)C2)ccc1Br. The molecule has 1 heterocycles. The van der Waals surface area contributed by atoms with Crippen LogP contribution >= 0.6 is 15.9 Å². The molecule has 0 radical (unpaired) electrons. The Morgan fingerprint density at radius 3 is 2.95 bits per heavy atom. The van der Waals surface area contributed by atoms with Crippen LogP contribution in [0.3, 0.4) is 0 Å². The van der Waals surface area contributed by atoms with Crippen LogP contribution in [-0.2, 0) is 4.79 Å². The molecule has 1 saturated heterocycles. The van der Waals surface area contributed by atoms with E-state index in [0.717, 1.165) is 24.0 Å². The third-order valence-corrected chi connectivity index (χ3v) is 4.57. The Kier molecular flexibility index (Phi) is 4.47. The number of carboxylic acid groups (broad SMARTS) is 1. The molecule has 1 N–H and O–H groups in total. The van der Waals surface area contributed by atoms with E-state index in [4.69, 9.17) is 5.11 Å². The molecule has 2 rings (SSSR count). The van der Waals surface area contributed by atoms with Gasteiger partial charge in [-0.05, 0) is 44.2 Å². The summed E-state index contributed by atoms with van der Waals surface area (Å²) < 4.78 is 1.12. The van der Waals surface area contributed by atoms with Crippen molar-refractivity contribution >= 4 is 27.6 Å². The lowest BCUT2D eigenvalue weighted by Gasteiger charge is -2.24. The molecule has 1 aromatic carbocycles.